The van der Waals surface area contributed by atoms with E-state index in [1.54, 1.807) is 6.92 Å². The first-order chi connectivity index (χ1) is 7.99. The molecule has 1 unspecified atom stereocenters. The normalized spacial score (nSPS) is 20.1. The maximum Gasteiger partial charge on any atom is 0.330 e. The first-order valence-electron chi connectivity index (χ1n) is 5.73. The van der Waals surface area contributed by atoms with E-state index < -0.39 is 12.0 Å². The minimum absolute atomic E-state index is 0.241. The molecule has 1 aliphatic rings. The first-order valence-corrected chi connectivity index (χ1v) is 5.73. The van der Waals surface area contributed by atoms with Crippen LogP contribution in [0.15, 0.2) is 0 Å². The molecule has 0 spiro atoms. The van der Waals surface area contributed by atoms with Crippen molar-refractivity contribution >= 4 is 17.8 Å². The molecule has 1 atom stereocenters. The van der Waals surface area contributed by atoms with E-state index in [0.29, 0.717) is 19.4 Å². The predicted octanol–water partition coefficient (Wildman–Crippen LogP) is 0.324. The van der Waals surface area contributed by atoms with Crippen LogP contribution in [0.2, 0.25) is 0 Å². The van der Waals surface area contributed by atoms with Crippen molar-refractivity contribution in [2.75, 3.05) is 13.2 Å². The summed E-state index contributed by atoms with van der Waals surface area (Å²) in [5, 5.41) is 2.53. The average Bonchev–Trinajstić information content (AvgIpc) is 2.28. The van der Waals surface area contributed by atoms with Gasteiger partial charge in [-0.3, -0.25) is 14.6 Å². The Morgan fingerprint density at radius 3 is 2.35 bits per heavy atom. The number of hydrogen-bond acceptors (Lipinski definition) is 4. The van der Waals surface area contributed by atoms with Gasteiger partial charge in [0.2, 0.25) is 11.8 Å². The molecule has 1 heterocycles. The van der Waals surface area contributed by atoms with Crippen LogP contribution in [0.3, 0.4) is 0 Å². The van der Waals surface area contributed by atoms with Crippen molar-refractivity contribution < 1.29 is 19.1 Å². The zero-order valence-corrected chi connectivity index (χ0v) is 10.4. The van der Waals surface area contributed by atoms with Gasteiger partial charge in [0.15, 0.2) is 6.04 Å². The second-order valence-electron chi connectivity index (χ2n) is 3.92. The summed E-state index contributed by atoms with van der Waals surface area (Å²) in [7, 11) is 0. The molecule has 0 aromatic heterocycles. The monoisotopic (exact) mass is 242 g/mol. The third kappa shape index (κ3) is 2.95. The Morgan fingerprint density at radius 2 is 1.88 bits per heavy atom. The van der Waals surface area contributed by atoms with E-state index in [9.17, 15) is 14.4 Å². The van der Waals surface area contributed by atoms with E-state index in [-0.39, 0.29) is 18.4 Å². The quantitative estimate of drug-likeness (QED) is 0.654. The molecule has 96 valence electrons. The SMILES string of the molecule is CCOC(=O)C1CCCN(C(C)=O)N1C(C)=O. The van der Waals surface area contributed by atoms with Gasteiger partial charge >= 0.3 is 5.97 Å². The van der Waals surface area contributed by atoms with Crippen LogP contribution in [-0.2, 0) is 19.1 Å². The van der Waals surface area contributed by atoms with Crippen molar-refractivity contribution in [2.45, 2.75) is 39.7 Å². The lowest BCUT2D eigenvalue weighted by molar-refractivity contribution is -0.182. The van der Waals surface area contributed by atoms with E-state index in [0.717, 1.165) is 0 Å². The fourth-order valence-electron chi connectivity index (χ4n) is 1.99. The highest BCUT2D eigenvalue weighted by Crippen LogP contribution is 2.19. The van der Waals surface area contributed by atoms with Gasteiger partial charge in [-0.25, -0.2) is 9.80 Å². The molecule has 0 bridgehead atoms. The van der Waals surface area contributed by atoms with E-state index in [2.05, 4.69) is 0 Å². The molecule has 0 aromatic rings. The molecule has 17 heavy (non-hydrogen) atoms. The van der Waals surface area contributed by atoms with Crippen molar-refractivity contribution in [3.8, 4) is 0 Å². The van der Waals surface area contributed by atoms with Gasteiger partial charge < -0.3 is 4.74 Å². The molecule has 6 heteroatoms. The summed E-state index contributed by atoms with van der Waals surface area (Å²) in [6, 6.07) is -0.676. The summed E-state index contributed by atoms with van der Waals surface area (Å²) in [6.07, 6.45) is 1.22. The van der Waals surface area contributed by atoms with Crippen molar-refractivity contribution in [3.63, 3.8) is 0 Å². The second-order valence-corrected chi connectivity index (χ2v) is 3.92. The molecular formula is C11H18N2O4. The number of amides is 2. The lowest BCUT2D eigenvalue weighted by Gasteiger charge is -2.41. The van der Waals surface area contributed by atoms with Gasteiger partial charge in [-0.15, -0.1) is 0 Å². The number of carbonyl (C=O) groups excluding carboxylic acids is 3. The van der Waals surface area contributed by atoms with Crippen molar-refractivity contribution in [3.05, 3.63) is 0 Å². The minimum Gasteiger partial charge on any atom is -0.464 e. The van der Waals surface area contributed by atoms with Crippen LogP contribution in [0.25, 0.3) is 0 Å². The van der Waals surface area contributed by atoms with Crippen LogP contribution in [0.5, 0.6) is 0 Å². The van der Waals surface area contributed by atoms with Crippen molar-refractivity contribution in [1.29, 1.82) is 0 Å². The van der Waals surface area contributed by atoms with Crippen molar-refractivity contribution in [1.82, 2.24) is 10.0 Å². The van der Waals surface area contributed by atoms with Gasteiger partial charge in [-0.05, 0) is 19.8 Å². The number of carbonyl (C=O) groups is 3. The highest BCUT2D eigenvalue weighted by Gasteiger charge is 2.37. The molecule has 6 nitrogen and oxygen atoms in total. The van der Waals surface area contributed by atoms with Crippen LogP contribution >= 0.6 is 0 Å². The fraction of sp³-hybridized carbons (Fsp3) is 0.727. The highest BCUT2D eigenvalue weighted by atomic mass is 16.5. The Kier molecular flexibility index (Phi) is 4.48. The summed E-state index contributed by atoms with van der Waals surface area (Å²) in [5.41, 5.74) is 0. The Bertz CT molecular complexity index is 329. The summed E-state index contributed by atoms with van der Waals surface area (Å²) in [5.74, 6) is -1.01. The summed E-state index contributed by atoms with van der Waals surface area (Å²) in [6.45, 7) is 5.16. The van der Waals surface area contributed by atoms with E-state index in [1.807, 2.05) is 0 Å². The zero-order chi connectivity index (χ0) is 13.0. The maximum atomic E-state index is 11.7. The number of hydrazine groups is 1. The summed E-state index contributed by atoms with van der Waals surface area (Å²) in [4.78, 5) is 34.7. The number of esters is 1. The number of ether oxygens (including phenoxy) is 1. The number of hydrogen-bond donors (Lipinski definition) is 0. The van der Waals surface area contributed by atoms with Crippen LogP contribution < -0.4 is 0 Å². The molecule has 0 radical (unpaired) electrons. The Balaban J connectivity index is 2.90. The molecule has 2 amide bonds. The third-order valence-electron chi connectivity index (χ3n) is 2.65. The lowest BCUT2D eigenvalue weighted by Crippen LogP contribution is -2.59. The van der Waals surface area contributed by atoms with Gasteiger partial charge in [-0.1, -0.05) is 0 Å². The van der Waals surface area contributed by atoms with Crippen LogP contribution in [-0.4, -0.2) is 47.0 Å². The topological polar surface area (TPSA) is 66.9 Å². The van der Waals surface area contributed by atoms with Gasteiger partial charge in [0, 0.05) is 20.4 Å². The molecule has 0 aliphatic carbocycles. The zero-order valence-electron chi connectivity index (χ0n) is 10.4. The summed E-state index contributed by atoms with van der Waals surface area (Å²) < 4.78 is 4.92. The second kappa shape index (κ2) is 5.65. The Labute approximate surface area is 100 Å². The van der Waals surface area contributed by atoms with E-state index >= 15 is 0 Å². The average molecular weight is 242 g/mol. The van der Waals surface area contributed by atoms with Crippen LogP contribution in [0.4, 0.5) is 0 Å². The maximum absolute atomic E-state index is 11.7. The van der Waals surface area contributed by atoms with Crippen LogP contribution in [0, 0.1) is 0 Å². The van der Waals surface area contributed by atoms with Crippen molar-refractivity contribution in [2.24, 2.45) is 0 Å². The fourth-order valence-corrected chi connectivity index (χ4v) is 1.99. The Hall–Kier alpha value is -1.59. The lowest BCUT2D eigenvalue weighted by atomic mass is 10.1. The smallest absolute Gasteiger partial charge is 0.330 e. The molecule has 0 aromatic carbocycles. The van der Waals surface area contributed by atoms with E-state index in [1.165, 1.54) is 23.9 Å². The summed E-state index contributed by atoms with van der Waals surface area (Å²) >= 11 is 0. The molecule has 1 fully saturated rings. The third-order valence-corrected chi connectivity index (χ3v) is 2.65. The van der Waals surface area contributed by atoms with Gasteiger partial charge in [-0.2, -0.15) is 0 Å². The first kappa shape index (κ1) is 13.5. The Morgan fingerprint density at radius 1 is 1.24 bits per heavy atom. The van der Waals surface area contributed by atoms with E-state index in [4.69, 9.17) is 4.74 Å². The van der Waals surface area contributed by atoms with Crippen LogP contribution in [0.1, 0.15) is 33.6 Å². The minimum atomic E-state index is -0.676. The van der Waals surface area contributed by atoms with Gasteiger partial charge in [0.25, 0.3) is 0 Å². The molecule has 1 aliphatic heterocycles. The van der Waals surface area contributed by atoms with Gasteiger partial charge in [0.05, 0.1) is 6.61 Å². The molecule has 0 N–H and O–H groups in total. The molecular weight excluding hydrogens is 224 g/mol. The predicted molar refractivity (Wildman–Crippen MR) is 59.6 cm³/mol. The number of rotatable bonds is 2. The molecule has 1 saturated heterocycles. The highest BCUT2D eigenvalue weighted by molar-refractivity contribution is 5.86. The standard InChI is InChI=1S/C11H18N2O4/c1-4-17-11(16)10-6-5-7-12(8(2)14)13(10)9(3)15/h10H,4-7H2,1-3H3. The van der Waals surface area contributed by atoms with Gasteiger partial charge in [0.1, 0.15) is 0 Å². The number of nitrogens with zero attached hydrogens (tertiary/aromatic N) is 2. The largest absolute Gasteiger partial charge is 0.464 e. The molecule has 0 saturated carbocycles. The molecule has 1 rings (SSSR count).